The Balaban J connectivity index is 1.90. The molecule has 1 amide bonds. The second kappa shape index (κ2) is 8.06. The molecule has 2 aromatic heterocycles. The van der Waals surface area contributed by atoms with Crippen molar-refractivity contribution in [1.82, 2.24) is 24.0 Å². The second-order valence-corrected chi connectivity index (χ2v) is 7.64. The van der Waals surface area contributed by atoms with Crippen LogP contribution in [-0.2, 0) is 31.9 Å². The first-order valence-corrected chi connectivity index (χ1v) is 9.73. The lowest BCUT2D eigenvalue weighted by Crippen LogP contribution is -2.44. The number of rotatable bonds is 6. The van der Waals surface area contributed by atoms with Gasteiger partial charge in [0.25, 0.3) is 5.56 Å². The molecule has 1 aromatic carbocycles. The quantitative estimate of drug-likeness (QED) is 0.683. The molecule has 29 heavy (non-hydrogen) atoms. The monoisotopic (exact) mass is 397 g/mol. The highest BCUT2D eigenvalue weighted by Gasteiger charge is 2.21. The molecule has 154 valence electrons. The van der Waals surface area contributed by atoms with Crippen LogP contribution >= 0.6 is 0 Å². The smallest absolute Gasteiger partial charge is 0.332 e. The van der Waals surface area contributed by atoms with Crippen LogP contribution < -0.4 is 16.6 Å². The minimum absolute atomic E-state index is 0.144. The molecule has 0 aliphatic heterocycles. The van der Waals surface area contributed by atoms with Crippen molar-refractivity contribution in [3.8, 4) is 0 Å². The molecule has 0 unspecified atom stereocenters. The molecule has 8 nitrogen and oxygen atoms in total. The molecule has 8 heteroatoms. The van der Waals surface area contributed by atoms with Crippen LogP contribution in [0.4, 0.5) is 0 Å². The molecule has 0 radical (unpaired) electrons. The molecule has 1 atom stereocenters. The van der Waals surface area contributed by atoms with Gasteiger partial charge in [-0.3, -0.25) is 14.2 Å². The summed E-state index contributed by atoms with van der Waals surface area (Å²) in [6, 6.07) is 7.90. The fourth-order valence-corrected chi connectivity index (χ4v) is 3.49. The molecule has 3 aromatic rings. The van der Waals surface area contributed by atoms with Gasteiger partial charge in [-0.2, -0.15) is 0 Å². The van der Waals surface area contributed by atoms with E-state index in [1.807, 2.05) is 38.1 Å². The number of hydrogen-bond donors (Lipinski definition) is 1. The van der Waals surface area contributed by atoms with Crippen LogP contribution in [0.15, 0.2) is 40.2 Å². The minimum Gasteiger partial charge on any atom is -0.347 e. The van der Waals surface area contributed by atoms with E-state index in [-0.39, 0.29) is 29.9 Å². The molecule has 0 bridgehead atoms. The minimum atomic E-state index is -0.565. The van der Waals surface area contributed by atoms with E-state index in [1.165, 1.54) is 23.5 Å². The molecule has 0 aliphatic rings. The van der Waals surface area contributed by atoms with Crippen LogP contribution in [0.25, 0.3) is 11.2 Å². The third kappa shape index (κ3) is 3.87. The van der Waals surface area contributed by atoms with Crippen molar-refractivity contribution in [3.63, 3.8) is 0 Å². The van der Waals surface area contributed by atoms with Crippen LogP contribution in [-0.4, -0.2) is 24.6 Å². The van der Waals surface area contributed by atoms with Crippen molar-refractivity contribution >= 4 is 17.1 Å². The first-order valence-electron chi connectivity index (χ1n) is 9.73. The summed E-state index contributed by atoms with van der Waals surface area (Å²) < 4.78 is 3.79. The van der Waals surface area contributed by atoms with Crippen molar-refractivity contribution in [2.75, 3.05) is 0 Å². The average Bonchev–Trinajstić information content (AvgIpc) is 3.09. The zero-order chi connectivity index (χ0) is 21.3. The highest BCUT2D eigenvalue weighted by Crippen LogP contribution is 2.22. The maximum absolute atomic E-state index is 12.8. The van der Waals surface area contributed by atoms with E-state index in [2.05, 4.69) is 17.2 Å². The third-order valence-corrected chi connectivity index (χ3v) is 5.23. The number of imidazole rings is 1. The Morgan fingerprint density at radius 2 is 1.79 bits per heavy atom. The van der Waals surface area contributed by atoms with Crippen molar-refractivity contribution in [3.05, 3.63) is 62.6 Å². The summed E-state index contributed by atoms with van der Waals surface area (Å²) >= 11 is 0. The van der Waals surface area contributed by atoms with Crippen molar-refractivity contribution < 1.29 is 4.79 Å². The lowest BCUT2D eigenvalue weighted by atomic mass is 9.95. The van der Waals surface area contributed by atoms with Crippen LogP contribution in [0.3, 0.4) is 0 Å². The van der Waals surface area contributed by atoms with Gasteiger partial charge in [0.1, 0.15) is 6.54 Å². The molecule has 0 saturated carbocycles. The molecular formula is C21H27N5O3. The zero-order valence-electron chi connectivity index (χ0n) is 17.5. The Kier molecular flexibility index (Phi) is 5.72. The number of benzene rings is 1. The molecule has 3 rings (SSSR count). The SMILES string of the molecule is CCc1ccc([C@H](NC(=O)Cn2c(=O)c3c(ncn3C)n(C)c2=O)C(C)C)cc1. The van der Waals surface area contributed by atoms with Gasteiger partial charge in [0, 0.05) is 14.1 Å². The summed E-state index contributed by atoms with van der Waals surface area (Å²) in [5.41, 5.74) is 1.72. The van der Waals surface area contributed by atoms with Gasteiger partial charge in [-0.1, -0.05) is 45.0 Å². The van der Waals surface area contributed by atoms with Gasteiger partial charge in [0.05, 0.1) is 12.4 Å². The number of nitrogens with one attached hydrogen (secondary N) is 1. The van der Waals surface area contributed by atoms with Crippen molar-refractivity contribution in [2.24, 2.45) is 20.0 Å². The number of nitrogens with zero attached hydrogens (tertiary/aromatic N) is 4. The van der Waals surface area contributed by atoms with Crippen LogP contribution in [0.5, 0.6) is 0 Å². The van der Waals surface area contributed by atoms with Gasteiger partial charge >= 0.3 is 5.69 Å². The van der Waals surface area contributed by atoms with E-state index in [9.17, 15) is 14.4 Å². The molecule has 0 fully saturated rings. The number of aryl methyl sites for hydroxylation is 3. The molecular weight excluding hydrogens is 370 g/mol. The standard InChI is InChI=1S/C21H27N5O3/c1-6-14-7-9-15(10-8-14)17(13(2)3)23-16(27)11-26-20(28)18-19(22-12-24(18)4)25(5)21(26)29/h7-10,12-13,17H,6,11H2,1-5H3,(H,23,27)/t17-/m1/s1. The summed E-state index contributed by atoms with van der Waals surface area (Å²) in [6.45, 7) is 5.79. The number of carbonyl (C=O) groups excluding carboxylic acids is 1. The summed E-state index contributed by atoms with van der Waals surface area (Å²) in [5, 5.41) is 2.98. The fourth-order valence-electron chi connectivity index (χ4n) is 3.49. The lowest BCUT2D eigenvalue weighted by Gasteiger charge is -2.23. The van der Waals surface area contributed by atoms with E-state index in [4.69, 9.17) is 0 Å². The van der Waals surface area contributed by atoms with Gasteiger partial charge in [-0.25, -0.2) is 14.3 Å². The average molecular weight is 397 g/mol. The molecule has 0 aliphatic carbocycles. The van der Waals surface area contributed by atoms with Gasteiger partial charge in [-0.05, 0) is 23.5 Å². The van der Waals surface area contributed by atoms with E-state index in [0.29, 0.717) is 5.65 Å². The first kappa shape index (κ1) is 20.6. The number of amides is 1. The molecule has 0 spiro atoms. The molecule has 0 saturated heterocycles. The van der Waals surface area contributed by atoms with Gasteiger partial charge in [0.15, 0.2) is 11.2 Å². The Bertz CT molecular complexity index is 1150. The summed E-state index contributed by atoms with van der Waals surface area (Å²) in [6.07, 6.45) is 2.42. The predicted molar refractivity (Wildman–Crippen MR) is 112 cm³/mol. The Hall–Kier alpha value is -3.16. The van der Waals surface area contributed by atoms with Gasteiger partial charge in [0.2, 0.25) is 5.91 Å². The topological polar surface area (TPSA) is 90.9 Å². The predicted octanol–water partition coefficient (Wildman–Crippen LogP) is 1.51. The third-order valence-electron chi connectivity index (χ3n) is 5.23. The number of carbonyl (C=O) groups is 1. The Morgan fingerprint density at radius 1 is 1.14 bits per heavy atom. The fraction of sp³-hybridized carbons (Fsp3) is 0.429. The molecule has 2 heterocycles. The Morgan fingerprint density at radius 3 is 2.38 bits per heavy atom. The molecule has 1 N–H and O–H groups in total. The van der Waals surface area contributed by atoms with Crippen molar-refractivity contribution in [1.29, 1.82) is 0 Å². The summed E-state index contributed by atoms with van der Waals surface area (Å²) in [4.78, 5) is 42.2. The summed E-state index contributed by atoms with van der Waals surface area (Å²) in [7, 11) is 3.22. The van der Waals surface area contributed by atoms with Crippen LogP contribution in [0, 0.1) is 5.92 Å². The maximum Gasteiger partial charge on any atom is 0.332 e. The maximum atomic E-state index is 12.8. The first-order chi connectivity index (χ1) is 13.7. The number of fused-ring (bicyclic) bond motifs is 1. The van der Waals surface area contributed by atoms with Crippen LogP contribution in [0.1, 0.15) is 37.9 Å². The largest absolute Gasteiger partial charge is 0.347 e. The van der Waals surface area contributed by atoms with Crippen molar-refractivity contribution in [2.45, 2.75) is 39.8 Å². The lowest BCUT2D eigenvalue weighted by molar-refractivity contribution is -0.122. The second-order valence-electron chi connectivity index (χ2n) is 7.64. The zero-order valence-corrected chi connectivity index (χ0v) is 17.5. The van der Waals surface area contributed by atoms with Gasteiger partial charge in [-0.15, -0.1) is 0 Å². The van der Waals surface area contributed by atoms with E-state index in [1.54, 1.807) is 11.6 Å². The van der Waals surface area contributed by atoms with E-state index in [0.717, 1.165) is 16.6 Å². The number of aromatic nitrogens is 4. The van der Waals surface area contributed by atoms with E-state index < -0.39 is 11.2 Å². The highest BCUT2D eigenvalue weighted by atomic mass is 16.2. The summed E-state index contributed by atoms with van der Waals surface area (Å²) in [5.74, 6) is -0.241. The van der Waals surface area contributed by atoms with Gasteiger partial charge < -0.3 is 9.88 Å². The number of hydrogen-bond acceptors (Lipinski definition) is 4. The van der Waals surface area contributed by atoms with Crippen LogP contribution in [0.2, 0.25) is 0 Å². The van der Waals surface area contributed by atoms with E-state index >= 15 is 0 Å². The highest BCUT2D eigenvalue weighted by molar-refractivity contribution is 5.77. The Labute approximate surface area is 168 Å². The normalized spacial score (nSPS) is 12.5.